The van der Waals surface area contributed by atoms with E-state index >= 15 is 0 Å². The van der Waals surface area contributed by atoms with Crippen molar-refractivity contribution in [3.63, 3.8) is 0 Å². The van der Waals surface area contributed by atoms with Gasteiger partial charge in [-0.3, -0.25) is 9.69 Å². The minimum atomic E-state index is -0.570. The first-order chi connectivity index (χ1) is 11.5. The second-order valence-electron chi connectivity index (χ2n) is 5.93. The van der Waals surface area contributed by atoms with E-state index < -0.39 is 11.6 Å². The van der Waals surface area contributed by atoms with Crippen LogP contribution in [0.25, 0.3) is 0 Å². The molecule has 1 aromatic rings. The summed E-state index contributed by atoms with van der Waals surface area (Å²) in [7, 11) is 1.62. The Labute approximate surface area is 165 Å². The van der Waals surface area contributed by atoms with Crippen LogP contribution in [0.2, 0.25) is 0 Å². The molecule has 0 radical (unpaired) electrons. The van der Waals surface area contributed by atoms with Crippen LogP contribution in [0.1, 0.15) is 18.5 Å². The molecule has 1 saturated heterocycles. The summed E-state index contributed by atoms with van der Waals surface area (Å²) in [4.78, 5) is 16.0. The molecule has 0 aromatic heterocycles. The summed E-state index contributed by atoms with van der Waals surface area (Å²) >= 11 is 0. The molecule has 1 amide bonds. The third kappa shape index (κ3) is 6.96. The highest BCUT2D eigenvalue weighted by atomic mass is 35.5. The molecule has 1 fully saturated rings. The lowest BCUT2D eigenvalue weighted by Crippen LogP contribution is -2.51. The van der Waals surface area contributed by atoms with E-state index in [1.165, 1.54) is 12.1 Å². The molecule has 150 valence electrons. The molecule has 9 heteroatoms. The number of methoxy groups -OCH3 is 1. The van der Waals surface area contributed by atoms with Gasteiger partial charge in [-0.25, -0.2) is 8.78 Å². The highest BCUT2D eigenvalue weighted by molar-refractivity contribution is 5.85. The van der Waals surface area contributed by atoms with Crippen LogP contribution in [-0.4, -0.2) is 68.7 Å². The van der Waals surface area contributed by atoms with E-state index in [2.05, 4.69) is 10.2 Å². The van der Waals surface area contributed by atoms with Crippen molar-refractivity contribution in [2.75, 3.05) is 53.0 Å². The van der Waals surface area contributed by atoms with Crippen molar-refractivity contribution < 1.29 is 18.3 Å². The Hall–Kier alpha value is -0.990. The van der Waals surface area contributed by atoms with Crippen molar-refractivity contribution >= 4 is 30.7 Å². The van der Waals surface area contributed by atoms with Crippen LogP contribution in [0.15, 0.2) is 18.2 Å². The highest BCUT2D eigenvalue weighted by Crippen LogP contribution is 2.24. The first-order valence-electron chi connectivity index (χ1n) is 8.19. The first-order valence-corrected chi connectivity index (χ1v) is 8.19. The van der Waals surface area contributed by atoms with E-state index in [0.717, 1.165) is 6.07 Å². The van der Waals surface area contributed by atoms with Gasteiger partial charge in [0.2, 0.25) is 5.91 Å². The van der Waals surface area contributed by atoms with Crippen LogP contribution < -0.4 is 5.32 Å². The standard InChI is InChI=1S/C17H25F2N3O2.2ClH/c1-13(15-4-3-14(18)11-16(15)19)21-6-8-22(9-7-21)17(23)12-20-5-10-24-2;;/h3-4,11,13,20H,5-10,12H2,1-2H3;2*1H. The van der Waals surface area contributed by atoms with E-state index in [-0.39, 0.29) is 36.8 Å². The van der Waals surface area contributed by atoms with E-state index in [1.807, 2.05) is 11.8 Å². The van der Waals surface area contributed by atoms with E-state index in [0.29, 0.717) is 51.4 Å². The maximum atomic E-state index is 13.9. The molecule has 1 N–H and O–H groups in total. The quantitative estimate of drug-likeness (QED) is 0.696. The number of amides is 1. The fourth-order valence-corrected chi connectivity index (χ4v) is 2.88. The lowest BCUT2D eigenvalue weighted by Gasteiger charge is -2.38. The molecule has 1 atom stereocenters. The summed E-state index contributed by atoms with van der Waals surface area (Å²) in [6.07, 6.45) is 0. The monoisotopic (exact) mass is 413 g/mol. The smallest absolute Gasteiger partial charge is 0.236 e. The number of nitrogens with one attached hydrogen (secondary N) is 1. The minimum Gasteiger partial charge on any atom is -0.383 e. The summed E-state index contributed by atoms with van der Waals surface area (Å²) in [5.41, 5.74) is 0.484. The third-order valence-corrected chi connectivity index (χ3v) is 4.39. The summed E-state index contributed by atoms with van der Waals surface area (Å²) < 4.78 is 31.9. The Kier molecular flexibility index (Phi) is 11.9. The Balaban J connectivity index is 0.00000312. The van der Waals surface area contributed by atoms with Gasteiger partial charge in [0.15, 0.2) is 0 Å². The normalized spacial score (nSPS) is 15.8. The van der Waals surface area contributed by atoms with Crippen LogP contribution >= 0.6 is 24.8 Å². The third-order valence-electron chi connectivity index (χ3n) is 4.39. The molecule has 0 saturated carbocycles. The number of benzene rings is 1. The van der Waals surface area contributed by atoms with Crippen molar-refractivity contribution in [3.05, 3.63) is 35.4 Å². The molecule has 0 spiro atoms. The fraction of sp³-hybridized carbons (Fsp3) is 0.588. The number of halogens is 4. The minimum absolute atomic E-state index is 0. The number of piperazine rings is 1. The summed E-state index contributed by atoms with van der Waals surface area (Å²) in [6.45, 7) is 5.97. The maximum absolute atomic E-state index is 13.9. The number of carbonyl (C=O) groups excluding carboxylic acids is 1. The molecule has 1 aliphatic rings. The molecule has 1 heterocycles. The Bertz CT molecular complexity index is 559. The van der Waals surface area contributed by atoms with E-state index in [9.17, 15) is 13.6 Å². The number of nitrogens with zero attached hydrogens (tertiary/aromatic N) is 2. The molecule has 1 aliphatic heterocycles. The van der Waals surface area contributed by atoms with Crippen LogP contribution in [0.4, 0.5) is 8.78 Å². The molecule has 5 nitrogen and oxygen atoms in total. The van der Waals surface area contributed by atoms with Gasteiger partial charge >= 0.3 is 0 Å². The van der Waals surface area contributed by atoms with Gasteiger partial charge in [-0.2, -0.15) is 0 Å². The maximum Gasteiger partial charge on any atom is 0.236 e. The van der Waals surface area contributed by atoms with Gasteiger partial charge in [0.1, 0.15) is 11.6 Å². The molecule has 0 aliphatic carbocycles. The first kappa shape index (κ1) is 25.0. The van der Waals surface area contributed by atoms with Crippen molar-refractivity contribution in [3.8, 4) is 0 Å². The summed E-state index contributed by atoms with van der Waals surface area (Å²) in [6, 6.07) is 3.53. The zero-order valence-electron chi connectivity index (χ0n) is 15.0. The van der Waals surface area contributed by atoms with Crippen LogP contribution in [0.3, 0.4) is 0 Å². The molecule has 1 unspecified atom stereocenters. The van der Waals surface area contributed by atoms with Gasteiger partial charge in [-0.1, -0.05) is 6.07 Å². The van der Waals surface area contributed by atoms with Gasteiger partial charge in [-0.15, -0.1) is 24.8 Å². The van der Waals surface area contributed by atoms with Gasteiger partial charge in [0, 0.05) is 57.5 Å². The Morgan fingerprint density at radius 3 is 2.46 bits per heavy atom. The molecular formula is C17H27Cl2F2N3O2. The number of ether oxygens (including phenoxy) is 1. The number of carbonyl (C=O) groups is 1. The number of hydrogen-bond acceptors (Lipinski definition) is 4. The van der Waals surface area contributed by atoms with Crippen LogP contribution in [-0.2, 0) is 9.53 Å². The predicted octanol–water partition coefficient (Wildman–Crippen LogP) is 2.25. The van der Waals surface area contributed by atoms with Gasteiger partial charge < -0.3 is 15.0 Å². The average Bonchev–Trinajstić information content (AvgIpc) is 2.58. The van der Waals surface area contributed by atoms with Crippen LogP contribution in [0, 0.1) is 11.6 Å². The van der Waals surface area contributed by atoms with Gasteiger partial charge in [-0.05, 0) is 13.0 Å². The predicted molar refractivity (Wildman–Crippen MR) is 102 cm³/mol. The number of hydrogen-bond donors (Lipinski definition) is 1. The average molecular weight is 414 g/mol. The molecule has 26 heavy (non-hydrogen) atoms. The Morgan fingerprint density at radius 1 is 1.23 bits per heavy atom. The van der Waals surface area contributed by atoms with E-state index in [1.54, 1.807) is 7.11 Å². The number of rotatable bonds is 7. The molecule has 2 rings (SSSR count). The Morgan fingerprint density at radius 2 is 1.88 bits per heavy atom. The molecule has 1 aromatic carbocycles. The SMILES string of the molecule is COCCNCC(=O)N1CCN(C(C)c2ccc(F)cc2F)CC1.Cl.Cl. The van der Waals surface area contributed by atoms with Crippen molar-refractivity contribution in [2.45, 2.75) is 13.0 Å². The molecular weight excluding hydrogens is 387 g/mol. The lowest BCUT2D eigenvalue weighted by atomic mass is 10.1. The van der Waals surface area contributed by atoms with Gasteiger partial charge in [0.05, 0.1) is 13.2 Å². The largest absolute Gasteiger partial charge is 0.383 e. The van der Waals surface area contributed by atoms with Crippen molar-refractivity contribution in [2.24, 2.45) is 0 Å². The fourth-order valence-electron chi connectivity index (χ4n) is 2.88. The lowest BCUT2D eigenvalue weighted by molar-refractivity contribution is -0.132. The van der Waals surface area contributed by atoms with Crippen molar-refractivity contribution in [1.29, 1.82) is 0 Å². The van der Waals surface area contributed by atoms with E-state index in [4.69, 9.17) is 4.74 Å². The zero-order chi connectivity index (χ0) is 17.5. The highest BCUT2D eigenvalue weighted by Gasteiger charge is 2.25. The second kappa shape index (κ2) is 12.4. The van der Waals surface area contributed by atoms with Crippen LogP contribution in [0.5, 0.6) is 0 Å². The zero-order valence-corrected chi connectivity index (χ0v) is 16.7. The topological polar surface area (TPSA) is 44.8 Å². The molecule has 0 bridgehead atoms. The summed E-state index contributed by atoms with van der Waals surface area (Å²) in [5, 5.41) is 3.04. The van der Waals surface area contributed by atoms with Crippen molar-refractivity contribution in [1.82, 2.24) is 15.1 Å². The second-order valence-corrected chi connectivity index (χ2v) is 5.93. The van der Waals surface area contributed by atoms with Gasteiger partial charge in [0.25, 0.3) is 0 Å². The summed E-state index contributed by atoms with van der Waals surface area (Å²) in [5.74, 6) is -1.03.